The monoisotopic (exact) mass is 433 g/mol. The molecule has 156 valence electrons. The van der Waals surface area contributed by atoms with Crippen LogP contribution in [0.3, 0.4) is 0 Å². The number of esters is 1. The minimum atomic E-state index is -0.537. The summed E-state index contributed by atoms with van der Waals surface area (Å²) in [5.74, 6) is -1.25. The molecule has 31 heavy (non-hydrogen) atoms. The Morgan fingerprint density at radius 2 is 1.32 bits per heavy atom. The molecule has 0 radical (unpaired) electrons. The molecule has 0 atom stereocenters. The van der Waals surface area contributed by atoms with Gasteiger partial charge in [-0.3, -0.25) is 14.9 Å². The Labute approximate surface area is 184 Å². The molecule has 8 heteroatoms. The molecule has 0 aliphatic carbocycles. The van der Waals surface area contributed by atoms with E-state index >= 15 is 0 Å². The van der Waals surface area contributed by atoms with Gasteiger partial charge < -0.3 is 15.4 Å². The van der Waals surface area contributed by atoms with Gasteiger partial charge in [-0.25, -0.2) is 4.79 Å². The van der Waals surface area contributed by atoms with E-state index in [1.807, 2.05) is 6.07 Å². The van der Waals surface area contributed by atoms with Crippen LogP contribution in [0.25, 0.3) is 0 Å². The molecule has 0 bridgehead atoms. The molecule has 0 aliphatic heterocycles. The molecule has 2 amide bonds. The lowest BCUT2D eigenvalue weighted by molar-refractivity contribution is 0.0600. The summed E-state index contributed by atoms with van der Waals surface area (Å²) in [4.78, 5) is 36.4. The van der Waals surface area contributed by atoms with Gasteiger partial charge in [-0.05, 0) is 60.7 Å². The quantitative estimate of drug-likeness (QED) is 0.418. The molecule has 3 N–H and O–H groups in total. The van der Waals surface area contributed by atoms with Gasteiger partial charge in [0.25, 0.3) is 11.8 Å². The van der Waals surface area contributed by atoms with E-state index in [1.165, 1.54) is 13.2 Å². The highest BCUT2D eigenvalue weighted by molar-refractivity contribution is 7.80. The molecule has 0 fully saturated rings. The van der Waals surface area contributed by atoms with E-state index in [0.717, 1.165) is 0 Å². The molecule has 3 rings (SSSR count). The van der Waals surface area contributed by atoms with Gasteiger partial charge in [0.1, 0.15) is 0 Å². The standard InChI is InChI=1S/C23H19N3O4S/c1-30-22(29)17-10-5-9-16(13-17)21(28)26-23(31)25-19-12-6-11-18(14-19)24-20(27)15-7-3-2-4-8-15/h2-14H,1H3,(H,24,27)(H2,25,26,28,31). The number of anilines is 2. The fraction of sp³-hybridized carbons (Fsp3) is 0.0435. The first-order valence-corrected chi connectivity index (χ1v) is 9.64. The minimum Gasteiger partial charge on any atom is -0.465 e. The molecule has 0 saturated heterocycles. The number of methoxy groups -OCH3 is 1. The van der Waals surface area contributed by atoms with Crippen LogP contribution >= 0.6 is 12.2 Å². The van der Waals surface area contributed by atoms with Crippen LogP contribution in [-0.4, -0.2) is 30.0 Å². The number of nitrogens with one attached hydrogen (secondary N) is 3. The molecule has 0 spiro atoms. The minimum absolute atomic E-state index is 0.0695. The number of amides is 2. The Hall–Kier alpha value is -4.04. The van der Waals surface area contributed by atoms with E-state index in [0.29, 0.717) is 16.9 Å². The number of benzene rings is 3. The number of rotatable bonds is 5. The van der Waals surface area contributed by atoms with Gasteiger partial charge in [-0.2, -0.15) is 0 Å². The third-order valence-electron chi connectivity index (χ3n) is 4.19. The van der Waals surface area contributed by atoms with E-state index in [1.54, 1.807) is 66.7 Å². The second-order valence-corrected chi connectivity index (χ2v) is 6.79. The molecule has 3 aromatic rings. The van der Waals surface area contributed by atoms with Crippen molar-refractivity contribution in [3.8, 4) is 0 Å². The van der Waals surface area contributed by atoms with E-state index in [2.05, 4.69) is 20.7 Å². The molecule has 0 unspecified atom stereocenters. The number of carbonyl (C=O) groups is 3. The Balaban J connectivity index is 1.62. The maximum Gasteiger partial charge on any atom is 0.337 e. The van der Waals surface area contributed by atoms with Crippen molar-refractivity contribution in [1.82, 2.24) is 5.32 Å². The molecular weight excluding hydrogens is 414 g/mol. The Kier molecular flexibility index (Phi) is 7.08. The van der Waals surface area contributed by atoms with Gasteiger partial charge in [0.2, 0.25) is 0 Å². The van der Waals surface area contributed by atoms with Gasteiger partial charge in [0, 0.05) is 22.5 Å². The number of hydrogen-bond donors (Lipinski definition) is 3. The first-order chi connectivity index (χ1) is 15.0. The van der Waals surface area contributed by atoms with Gasteiger partial charge >= 0.3 is 5.97 Å². The second kappa shape index (κ2) is 10.1. The highest BCUT2D eigenvalue weighted by Crippen LogP contribution is 2.16. The predicted octanol–water partition coefficient (Wildman–Crippen LogP) is 3.85. The summed E-state index contributed by atoms with van der Waals surface area (Å²) in [6, 6.07) is 21.9. The average molecular weight is 433 g/mol. The first kappa shape index (κ1) is 21.7. The molecule has 0 saturated carbocycles. The summed E-state index contributed by atoms with van der Waals surface area (Å²) >= 11 is 5.21. The zero-order valence-electron chi connectivity index (χ0n) is 16.5. The van der Waals surface area contributed by atoms with Gasteiger partial charge in [0.05, 0.1) is 12.7 Å². The topological polar surface area (TPSA) is 96.5 Å². The van der Waals surface area contributed by atoms with Crippen molar-refractivity contribution in [3.05, 3.63) is 95.6 Å². The maximum absolute atomic E-state index is 12.4. The third kappa shape index (κ3) is 5.97. The van der Waals surface area contributed by atoms with Crippen LogP contribution in [0.5, 0.6) is 0 Å². The zero-order valence-corrected chi connectivity index (χ0v) is 17.4. The average Bonchev–Trinajstić information content (AvgIpc) is 2.79. The Morgan fingerprint density at radius 1 is 0.710 bits per heavy atom. The summed E-state index contributed by atoms with van der Waals surface area (Å²) in [6.45, 7) is 0. The van der Waals surface area contributed by atoms with Crippen LogP contribution in [0.15, 0.2) is 78.9 Å². The van der Waals surface area contributed by atoms with E-state index in [9.17, 15) is 14.4 Å². The van der Waals surface area contributed by atoms with Crippen LogP contribution < -0.4 is 16.0 Å². The first-order valence-electron chi connectivity index (χ1n) is 9.23. The summed E-state index contributed by atoms with van der Waals surface area (Å²) in [5.41, 5.74) is 2.21. The summed E-state index contributed by atoms with van der Waals surface area (Å²) in [5, 5.41) is 8.33. The lowest BCUT2D eigenvalue weighted by Gasteiger charge is -2.12. The van der Waals surface area contributed by atoms with Gasteiger partial charge in [-0.15, -0.1) is 0 Å². The molecule has 0 heterocycles. The van der Waals surface area contributed by atoms with Crippen LogP contribution in [0, 0.1) is 0 Å². The van der Waals surface area contributed by atoms with Crippen molar-refractivity contribution in [2.24, 2.45) is 0 Å². The SMILES string of the molecule is COC(=O)c1cccc(C(=O)NC(=S)Nc2cccc(NC(=O)c3ccccc3)c2)c1. The molecule has 0 aromatic heterocycles. The number of hydrogen-bond acceptors (Lipinski definition) is 5. The van der Waals surface area contributed by atoms with E-state index < -0.39 is 11.9 Å². The smallest absolute Gasteiger partial charge is 0.337 e. The predicted molar refractivity (Wildman–Crippen MR) is 122 cm³/mol. The summed E-state index contributed by atoms with van der Waals surface area (Å²) in [6.07, 6.45) is 0. The highest BCUT2D eigenvalue weighted by Gasteiger charge is 2.12. The van der Waals surface area contributed by atoms with Crippen LogP contribution in [-0.2, 0) is 4.74 Å². The molecule has 3 aromatic carbocycles. The fourth-order valence-electron chi connectivity index (χ4n) is 2.71. The highest BCUT2D eigenvalue weighted by atomic mass is 32.1. The maximum atomic E-state index is 12.4. The second-order valence-electron chi connectivity index (χ2n) is 6.38. The summed E-state index contributed by atoms with van der Waals surface area (Å²) in [7, 11) is 1.27. The third-order valence-corrected chi connectivity index (χ3v) is 4.39. The van der Waals surface area contributed by atoms with Crippen molar-refractivity contribution in [1.29, 1.82) is 0 Å². The lowest BCUT2D eigenvalue weighted by Crippen LogP contribution is -2.34. The van der Waals surface area contributed by atoms with Crippen molar-refractivity contribution in [2.45, 2.75) is 0 Å². The number of ether oxygens (including phenoxy) is 1. The fourth-order valence-corrected chi connectivity index (χ4v) is 2.92. The zero-order chi connectivity index (χ0) is 22.2. The Bertz CT molecular complexity index is 1130. The van der Waals surface area contributed by atoms with Crippen molar-refractivity contribution in [2.75, 3.05) is 17.7 Å². The molecular formula is C23H19N3O4S. The largest absolute Gasteiger partial charge is 0.465 e. The summed E-state index contributed by atoms with van der Waals surface area (Å²) < 4.78 is 4.66. The lowest BCUT2D eigenvalue weighted by atomic mass is 10.1. The van der Waals surface area contributed by atoms with Gasteiger partial charge in [-0.1, -0.05) is 30.3 Å². The number of thiocarbonyl (C=S) groups is 1. The van der Waals surface area contributed by atoms with Crippen molar-refractivity contribution < 1.29 is 19.1 Å². The van der Waals surface area contributed by atoms with Gasteiger partial charge in [0.15, 0.2) is 5.11 Å². The van der Waals surface area contributed by atoms with E-state index in [4.69, 9.17) is 12.2 Å². The van der Waals surface area contributed by atoms with Crippen LogP contribution in [0.1, 0.15) is 31.1 Å². The molecule has 0 aliphatic rings. The number of carbonyl (C=O) groups excluding carboxylic acids is 3. The van der Waals surface area contributed by atoms with E-state index in [-0.39, 0.29) is 22.1 Å². The van der Waals surface area contributed by atoms with Crippen molar-refractivity contribution >= 4 is 46.5 Å². The Morgan fingerprint density at radius 3 is 2.03 bits per heavy atom. The van der Waals surface area contributed by atoms with Crippen LogP contribution in [0.4, 0.5) is 11.4 Å². The van der Waals surface area contributed by atoms with Crippen molar-refractivity contribution in [3.63, 3.8) is 0 Å². The normalized spacial score (nSPS) is 9.97. The van der Waals surface area contributed by atoms with Crippen LogP contribution in [0.2, 0.25) is 0 Å². The molecule has 7 nitrogen and oxygen atoms in total.